The highest BCUT2D eigenvalue weighted by atomic mass is 19.1. The quantitative estimate of drug-likeness (QED) is 0.855. The summed E-state index contributed by atoms with van der Waals surface area (Å²) in [6, 6.07) is 4.21. The fourth-order valence-corrected chi connectivity index (χ4v) is 3.60. The average Bonchev–Trinajstić information content (AvgIpc) is 3.02. The predicted molar refractivity (Wildman–Crippen MR) is 94.1 cm³/mol. The van der Waals surface area contributed by atoms with Gasteiger partial charge in [0, 0.05) is 37.8 Å². The Morgan fingerprint density at radius 2 is 1.92 bits per heavy atom. The number of likely N-dealkylation sites (tertiary alicyclic amines) is 1. The molecule has 2 aliphatic rings. The molecule has 8 heteroatoms. The molecule has 0 radical (unpaired) electrons. The van der Waals surface area contributed by atoms with Gasteiger partial charge in [0.05, 0.1) is 17.9 Å². The normalized spacial score (nSPS) is 26.0. The number of ether oxygens (including phenoxy) is 1. The molecule has 3 atom stereocenters. The number of hydrogen-bond acceptors (Lipinski definition) is 4. The maximum absolute atomic E-state index is 14.6. The minimum absolute atomic E-state index is 0.0145. The molecule has 0 aliphatic carbocycles. The molecule has 2 amide bonds. The lowest BCUT2D eigenvalue weighted by Crippen LogP contribution is -2.45. The van der Waals surface area contributed by atoms with Gasteiger partial charge in [-0.1, -0.05) is 0 Å². The van der Waals surface area contributed by atoms with Crippen molar-refractivity contribution in [3.63, 3.8) is 0 Å². The van der Waals surface area contributed by atoms with Gasteiger partial charge in [-0.3, -0.25) is 4.79 Å². The molecular weight excluding hydrogens is 341 g/mol. The summed E-state index contributed by atoms with van der Waals surface area (Å²) in [5.41, 5.74) is 0.691. The molecule has 7 nitrogen and oxygen atoms in total. The summed E-state index contributed by atoms with van der Waals surface area (Å²) in [6.45, 7) is 5.74. The predicted octanol–water partition coefficient (Wildman–Crippen LogP) is 1.92. The van der Waals surface area contributed by atoms with Crippen LogP contribution in [0.25, 0.3) is 0 Å². The monoisotopic (exact) mass is 365 g/mol. The molecule has 2 aliphatic heterocycles. The summed E-state index contributed by atoms with van der Waals surface area (Å²) in [5, 5.41) is 11.7. The van der Waals surface area contributed by atoms with E-state index in [2.05, 4.69) is 5.32 Å². The number of carboxylic acid groups (broad SMARTS) is 1. The first kappa shape index (κ1) is 18.4. The summed E-state index contributed by atoms with van der Waals surface area (Å²) in [5.74, 6) is -0.839. The van der Waals surface area contributed by atoms with Crippen molar-refractivity contribution in [3.05, 3.63) is 29.6 Å². The van der Waals surface area contributed by atoms with Gasteiger partial charge in [-0.05, 0) is 38.5 Å². The van der Waals surface area contributed by atoms with Crippen LogP contribution in [-0.2, 0) is 4.74 Å². The van der Waals surface area contributed by atoms with Crippen LogP contribution in [0.15, 0.2) is 18.2 Å². The number of nitrogens with one attached hydrogen (secondary N) is 1. The second-order valence-electron chi connectivity index (χ2n) is 7.02. The lowest BCUT2D eigenvalue weighted by molar-refractivity contribution is -0.00540. The van der Waals surface area contributed by atoms with Crippen molar-refractivity contribution < 1.29 is 23.8 Å². The molecule has 0 bridgehead atoms. The second-order valence-corrected chi connectivity index (χ2v) is 7.02. The van der Waals surface area contributed by atoms with Crippen LogP contribution >= 0.6 is 0 Å². The van der Waals surface area contributed by atoms with Crippen molar-refractivity contribution in [1.29, 1.82) is 0 Å². The Hall–Kier alpha value is -2.35. The minimum Gasteiger partial charge on any atom is -0.465 e. The van der Waals surface area contributed by atoms with Crippen LogP contribution in [0.2, 0.25) is 0 Å². The van der Waals surface area contributed by atoms with E-state index >= 15 is 0 Å². The Balaban J connectivity index is 1.65. The number of morpholine rings is 1. The van der Waals surface area contributed by atoms with E-state index in [0.717, 1.165) is 0 Å². The Morgan fingerprint density at radius 1 is 1.23 bits per heavy atom. The van der Waals surface area contributed by atoms with Crippen LogP contribution in [0.4, 0.5) is 14.9 Å². The Kier molecular flexibility index (Phi) is 5.31. The van der Waals surface area contributed by atoms with Crippen molar-refractivity contribution in [2.45, 2.75) is 38.5 Å². The van der Waals surface area contributed by atoms with E-state index in [0.29, 0.717) is 31.7 Å². The van der Waals surface area contributed by atoms with Crippen molar-refractivity contribution in [3.8, 4) is 0 Å². The number of carbonyl (C=O) groups excluding carboxylic acids is 1. The van der Waals surface area contributed by atoms with E-state index in [1.165, 1.54) is 11.0 Å². The molecule has 1 aromatic rings. The van der Waals surface area contributed by atoms with Gasteiger partial charge in [0.2, 0.25) is 0 Å². The first-order valence-electron chi connectivity index (χ1n) is 8.82. The number of benzene rings is 1. The SMILES string of the molecule is CC1CN(c2ccc(C(=O)NC3CCN(C(=O)O)C3)cc2F)CC(C)O1. The Bertz CT molecular complexity index is 689. The van der Waals surface area contributed by atoms with Crippen molar-refractivity contribution >= 4 is 17.7 Å². The molecule has 3 unspecified atom stereocenters. The van der Waals surface area contributed by atoms with E-state index in [9.17, 15) is 14.0 Å². The maximum Gasteiger partial charge on any atom is 0.407 e. The highest BCUT2D eigenvalue weighted by Crippen LogP contribution is 2.24. The van der Waals surface area contributed by atoms with Crippen LogP contribution in [0.5, 0.6) is 0 Å². The van der Waals surface area contributed by atoms with Gasteiger partial charge < -0.3 is 25.0 Å². The summed E-state index contributed by atoms with van der Waals surface area (Å²) < 4.78 is 20.2. The number of carbonyl (C=O) groups is 2. The van der Waals surface area contributed by atoms with Gasteiger partial charge in [-0.15, -0.1) is 0 Å². The summed E-state index contributed by atoms with van der Waals surface area (Å²) in [7, 11) is 0. The van der Waals surface area contributed by atoms with E-state index in [-0.39, 0.29) is 30.4 Å². The highest BCUT2D eigenvalue weighted by Gasteiger charge is 2.28. The van der Waals surface area contributed by atoms with E-state index in [4.69, 9.17) is 9.84 Å². The zero-order valence-corrected chi connectivity index (χ0v) is 14.9. The fraction of sp³-hybridized carbons (Fsp3) is 0.556. The molecule has 0 saturated carbocycles. The van der Waals surface area contributed by atoms with Gasteiger partial charge in [0.1, 0.15) is 5.82 Å². The number of halogens is 1. The maximum atomic E-state index is 14.6. The summed E-state index contributed by atoms with van der Waals surface area (Å²) >= 11 is 0. The molecule has 2 fully saturated rings. The average molecular weight is 365 g/mol. The topological polar surface area (TPSA) is 82.1 Å². The number of anilines is 1. The molecule has 3 rings (SSSR count). The molecule has 2 heterocycles. The smallest absolute Gasteiger partial charge is 0.407 e. The molecule has 2 N–H and O–H groups in total. The number of amides is 2. The van der Waals surface area contributed by atoms with E-state index < -0.39 is 17.8 Å². The summed E-state index contributed by atoms with van der Waals surface area (Å²) in [4.78, 5) is 26.5. The van der Waals surface area contributed by atoms with Crippen LogP contribution in [0.3, 0.4) is 0 Å². The van der Waals surface area contributed by atoms with Gasteiger partial charge in [0.15, 0.2) is 0 Å². The second kappa shape index (κ2) is 7.49. The Labute approximate surface area is 151 Å². The molecule has 2 saturated heterocycles. The van der Waals surface area contributed by atoms with Gasteiger partial charge in [0.25, 0.3) is 5.91 Å². The third kappa shape index (κ3) is 4.07. The molecule has 0 aromatic heterocycles. The number of nitrogens with zero attached hydrogens (tertiary/aromatic N) is 2. The number of hydrogen-bond donors (Lipinski definition) is 2. The van der Waals surface area contributed by atoms with Crippen LogP contribution in [0, 0.1) is 5.82 Å². The molecule has 1 aromatic carbocycles. The third-order valence-electron chi connectivity index (χ3n) is 4.76. The largest absolute Gasteiger partial charge is 0.465 e. The highest BCUT2D eigenvalue weighted by molar-refractivity contribution is 5.94. The van der Waals surface area contributed by atoms with Crippen LogP contribution in [0.1, 0.15) is 30.6 Å². The van der Waals surface area contributed by atoms with E-state index in [1.54, 1.807) is 12.1 Å². The van der Waals surface area contributed by atoms with Gasteiger partial charge >= 0.3 is 6.09 Å². The zero-order valence-electron chi connectivity index (χ0n) is 14.9. The van der Waals surface area contributed by atoms with E-state index in [1.807, 2.05) is 18.7 Å². The van der Waals surface area contributed by atoms with Crippen molar-refractivity contribution in [2.24, 2.45) is 0 Å². The van der Waals surface area contributed by atoms with Crippen LogP contribution < -0.4 is 10.2 Å². The van der Waals surface area contributed by atoms with Crippen molar-refractivity contribution in [2.75, 3.05) is 31.1 Å². The molecular formula is C18H24FN3O4. The fourth-order valence-electron chi connectivity index (χ4n) is 3.60. The first-order valence-corrected chi connectivity index (χ1v) is 8.82. The van der Waals surface area contributed by atoms with Gasteiger partial charge in [-0.25, -0.2) is 9.18 Å². The molecule has 142 valence electrons. The number of rotatable bonds is 3. The lowest BCUT2D eigenvalue weighted by atomic mass is 10.1. The Morgan fingerprint density at radius 3 is 2.50 bits per heavy atom. The summed E-state index contributed by atoms with van der Waals surface area (Å²) in [6.07, 6.45) is -0.408. The minimum atomic E-state index is -0.994. The first-order chi connectivity index (χ1) is 12.3. The van der Waals surface area contributed by atoms with Crippen LogP contribution in [-0.4, -0.2) is 66.4 Å². The lowest BCUT2D eigenvalue weighted by Gasteiger charge is -2.37. The zero-order chi connectivity index (χ0) is 18.8. The van der Waals surface area contributed by atoms with Crippen molar-refractivity contribution in [1.82, 2.24) is 10.2 Å². The molecule has 26 heavy (non-hydrogen) atoms. The third-order valence-corrected chi connectivity index (χ3v) is 4.76. The molecule has 0 spiro atoms. The standard InChI is InChI=1S/C18H24FN3O4/c1-11-8-22(9-12(2)26-11)16-4-3-13(7-15(16)19)17(23)20-14-5-6-21(10-14)18(24)25/h3-4,7,11-12,14H,5-6,8-10H2,1-2H3,(H,20,23)(H,24,25). The van der Waals surface area contributed by atoms with Gasteiger partial charge in [-0.2, -0.15) is 0 Å².